The molecule has 10 heteroatoms. The van der Waals surface area contributed by atoms with Crippen LogP contribution in [0.4, 0.5) is 10.1 Å². The smallest absolute Gasteiger partial charge is 0.338 e. The lowest BCUT2D eigenvalue weighted by Crippen LogP contribution is -2.32. The fraction of sp³-hybridized carbons (Fsp3) is 0.172. The molecule has 1 aliphatic heterocycles. The van der Waals surface area contributed by atoms with E-state index in [2.05, 4.69) is 15.6 Å². The van der Waals surface area contributed by atoms with Crippen LogP contribution in [0, 0.1) is 5.82 Å². The minimum absolute atomic E-state index is 0.0559. The van der Waals surface area contributed by atoms with Gasteiger partial charge in [0.1, 0.15) is 23.4 Å². The first-order chi connectivity index (χ1) is 19.0. The molecular weight excluding hydrogens is 519 g/mol. The summed E-state index contributed by atoms with van der Waals surface area (Å²) in [7, 11) is 1.33. The van der Waals surface area contributed by atoms with Crippen molar-refractivity contribution in [1.82, 2.24) is 15.2 Å². The van der Waals surface area contributed by atoms with Crippen LogP contribution in [0.25, 0.3) is 11.3 Å². The van der Waals surface area contributed by atoms with Crippen LogP contribution in [0.5, 0.6) is 0 Å². The van der Waals surface area contributed by atoms with E-state index in [1.54, 1.807) is 42.6 Å². The van der Waals surface area contributed by atoms with E-state index in [9.17, 15) is 14.0 Å². The quantitative estimate of drug-likeness (QED) is 0.229. The number of esters is 1. The Hall–Kier alpha value is -4.57. The summed E-state index contributed by atoms with van der Waals surface area (Å²) in [5.74, 6) is -0.271. The summed E-state index contributed by atoms with van der Waals surface area (Å²) in [6.07, 6.45) is 1.75. The normalized spacial score (nSPS) is 16.6. The zero-order valence-electron chi connectivity index (χ0n) is 21.0. The number of halogens is 1. The Morgan fingerprint density at radius 2 is 1.85 bits per heavy atom. The number of carbonyl (C=O) groups excluding carboxylic acids is 2. The van der Waals surface area contributed by atoms with Crippen molar-refractivity contribution >= 4 is 34.9 Å². The molecule has 1 aliphatic rings. The molecule has 0 unspecified atom stereocenters. The molecule has 2 aromatic heterocycles. The molecule has 1 amide bonds. The number of ether oxygens (including phenoxy) is 1. The van der Waals surface area contributed by atoms with Gasteiger partial charge in [0, 0.05) is 24.7 Å². The monoisotopic (exact) mass is 544 g/mol. The van der Waals surface area contributed by atoms with Gasteiger partial charge in [0.15, 0.2) is 5.11 Å². The maximum Gasteiger partial charge on any atom is 0.338 e. The molecule has 4 aromatic rings. The molecule has 0 spiro atoms. The number of thiocarbonyl (C=S) groups is 1. The molecular formula is C29H25FN4O4S. The number of carbonyl (C=O) groups is 2. The molecule has 8 nitrogen and oxygen atoms in total. The molecule has 2 aromatic carbocycles. The van der Waals surface area contributed by atoms with Gasteiger partial charge in [0.05, 0.1) is 30.1 Å². The molecule has 1 saturated heterocycles. The van der Waals surface area contributed by atoms with Gasteiger partial charge in [-0.3, -0.25) is 9.78 Å². The summed E-state index contributed by atoms with van der Waals surface area (Å²) in [5.41, 5.74) is 1.84. The van der Waals surface area contributed by atoms with Crippen LogP contribution in [-0.2, 0) is 9.53 Å². The number of pyridine rings is 1. The number of furan rings is 1. The van der Waals surface area contributed by atoms with Gasteiger partial charge in [0.2, 0.25) is 5.91 Å². The Morgan fingerprint density at radius 3 is 2.62 bits per heavy atom. The van der Waals surface area contributed by atoms with E-state index in [4.69, 9.17) is 21.4 Å². The minimum atomic E-state index is -0.507. The highest BCUT2D eigenvalue weighted by Crippen LogP contribution is 2.41. The third-order valence-corrected chi connectivity index (χ3v) is 6.79. The second-order valence-electron chi connectivity index (χ2n) is 8.84. The molecule has 0 radical (unpaired) electrons. The number of aromatic nitrogens is 1. The largest absolute Gasteiger partial charge is 0.465 e. The summed E-state index contributed by atoms with van der Waals surface area (Å²) in [5, 5.41) is 6.35. The van der Waals surface area contributed by atoms with Crippen LogP contribution in [-0.4, -0.2) is 40.5 Å². The van der Waals surface area contributed by atoms with Crippen molar-refractivity contribution in [2.45, 2.75) is 18.5 Å². The molecule has 5 rings (SSSR count). The molecule has 1 fully saturated rings. The molecule has 198 valence electrons. The van der Waals surface area contributed by atoms with Gasteiger partial charge < -0.3 is 24.7 Å². The third-order valence-electron chi connectivity index (χ3n) is 6.44. The molecule has 0 saturated carbocycles. The second-order valence-corrected chi connectivity index (χ2v) is 9.22. The van der Waals surface area contributed by atoms with Gasteiger partial charge in [-0.15, -0.1) is 0 Å². The SMILES string of the molecule is COC(=O)c1ccccc1-c1ccc([C@@H]2[C@H](c3ccccn3)NC(=S)N2CCC(=O)Nc2ccccc2F)o1. The Labute approximate surface area is 229 Å². The average Bonchev–Trinajstić information content (AvgIpc) is 3.57. The molecule has 0 bridgehead atoms. The number of hydrogen-bond acceptors (Lipinski definition) is 6. The highest BCUT2D eigenvalue weighted by molar-refractivity contribution is 7.80. The van der Waals surface area contributed by atoms with Crippen molar-refractivity contribution in [1.29, 1.82) is 0 Å². The predicted molar refractivity (Wildman–Crippen MR) is 147 cm³/mol. The second kappa shape index (κ2) is 11.4. The number of methoxy groups -OCH3 is 1. The first-order valence-corrected chi connectivity index (χ1v) is 12.7. The van der Waals surface area contributed by atoms with Crippen LogP contribution in [0.2, 0.25) is 0 Å². The van der Waals surface area contributed by atoms with Crippen LogP contribution < -0.4 is 10.6 Å². The van der Waals surface area contributed by atoms with E-state index in [-0.39, 0.29) is 30.6 Å². The van der Waals surface area contributed by atoms with Gasteiger partial charge in [0.25, 0.3) is 0 Å². The summed E-state index contributed by atoms with van der Waals surface area (Å²) in [6.45, 7) is 0.245. The summed E-state index contributed by atoms with van der Waals surface area (Å²) < 4.78 is 25.3. The topological polar surface area (TPSA) is 96.7 Å². The Balaban J connectivity index is 1.43. The number of amides is 1. The van der Waals surface area contributed by atoms with Crippen molar-refractivity contribution in [3.63, 3.8) is 0 Å². The van der Waals surface area contributed by atoms with Crippen LogP contribution in [0.3, 0.4) is 0 Å². The van der Waals surface area contributed by atoms with Crippen molar-refractivity contribution < 1.29 is 23.1 Å². The first-order valence-electron chi connectivity index (χ1n) is 12.3. The maximum atomic E-state index is 14.0. The number of hydrogen-bond donors (Lipinski definition) is 2. The molecule has 39 heavy (non-hydrogen) atoms. The van der Waals surface area contributed by atoms with Crippen molar-refractivity contribution in [3.05, 3.63) is 108 Å². The van der Waals surface area contributed by atoms with Gasteiger partial charge in [-0.2, -0.15) is 0 Å². The van der Waals surface area contributed by atoms with E-state index in [1.165, 1.54) is 19.2 Å². The number of rotatable bonds is 8. The van der Waals surface area contributed by atoms with Crippen LogP contribution >= 0.6 is 12.2 Å². The highest BCUT2D eigenvalue weighted by atomic mass is 32.1. The van der Waals surface area contributed by atoms with Crippen molar-refractivity contribution in [2.24, 2.45) is 0 Å². The van der Waals surface area contributed by atoms with E-state index >= 15 is 0 Å². The average molecular weight is 545 g/mol. The Kier molecular flexibility index (Phi) is 7.64. The van der Waals surface area contributed by atoms with Crippen LogP contribution in [0.1, 0.15) is 40.3 Å². The third kappa shape index (κ3) is 5.51. The number of benzene rings is 2. The Bertz CT molecular complexity index is 1510. The fourth-order valence-electron chi connectivity index (χ4n) is 4.60. The standard InChI is InChI=1S/C29H25FN4O4S/c1-37-28(36)19-9-3-2-8-18(19)23-13-14-24(38-23)27-26(22-12-6-7-16-31-22)33-29(39)34(27)17-15-25(35)32-21-11-5-4-10-20(21)30/h2-14,16,26-27H,15,17H2,1H3,(H,32,35)(H,33,39)/t26-,27+/m0/s1. The summed E-state index contributed by atoms with van der Waals surface area (Å²) >= 11 is 5.66. The number of anilines is 1. The first kappa shape index (κ1) is 26.1. The lowest BCUT2D eigenvalue weighted by Gasteiger charge is -2.25. The van der Waals surface area contributed by atoms with E-state index < -0.39 is 17.8 Å². The molecule has 0 aliphatic carbocycles. The molecule has 2 N–H and O–H groups in total. The highest BCUT2D eigenvalue weighted by Gasteiger charge is 2.41. The lowest BCUT2D eigenvalue weighted by molar-refractivity contribution is -0.116. The summed E-state index contributed by atoms with van der Waals surface area (Å²) in [6, 6.07) is 21.4. The Morgan fingerprint density at radius 1 is 1.08 bits per heavy atom. The number of nitrogens with one attached hydrogen (secondary N) is 2. The van der Waals surface area contributed by atoms with E-state index in [0.717, 1.165) is 5.69 Å². The maximum absolute atomic E-state index is 14.0. The molecule has 2 atom stereocenters. The van der Waals surface area contributed by atoms with E-state index in [1.807, 2.05) is 35.2 Å². The van der Waals surface area contributed by atoms with Gasteiger partial charge in [-0.05, 0) is 54.7 Å². The predicted octanol–water partition coefficient (Wildman–Crippen LogP) is 5.27. The van der Waals surface area contributed by atoms with Gasteiger partial charge in [-0.25, -0.2) is 9.18 Å². The number of nitrogens with zero attached hydrogens (tertiary/aromatic N) is 2. The van der Waals surface area contributed by atoms with Gasteiger partial charge in [-0.1, -0.05) is 36.4 Å². The summed E-state index contributed by atoms with van der Waals surface area (Å²) in [4.78, 5) is 31.4. The lowest BCUT2D eigenvalue weighted by atomic mass is 10.0. The van der Waals surface area contributed by atoms with Crippen molar-refractivity contribution in [3.8, 4) is 11.3 Å². The zero-order chi connectivity index (χ0) is 27.4. The molecule has 3 heterocycles. The van der Waals surface area contributed by atoms with E-state index in [0.29, 0.717) is 27.8 Å². The fourth-order valence-corrected chi connectivity index (χ4v) is 4.93. The minimum Gasteiger partial charge on any atom is -0.465 e. The van der Waals surface area contributed by atoms with Crippen molar-refractivity contribution in [2.75, 3.05) is 19.0 Å². The number of para-hydroxylation sites is 1. The van der Waals surface area contributed by atoms with Crippen LogP contribution in [0.15, 0.2) is 89.5 Å². The van der Waals surface area contributed by atoms with Gasteiger partial charge >= 0.3 is 5.97 Å². The zero-order valence-corrected chi connectivity index (χ0v) is 21.8.